The molecule has 2 bridgehead atoms. The molecule has 10 nitrogen and oxygen atoms in total. The number of carbonyl (C=O) groups is 4. The molecule has 12 heteroatoms. The summed E-state index contributed by atoms with van der Waals surface area (Å²) in [5, 5.41) is 0. The number of nitrogens with zero attached hydrogens (tertiary/aromatic N) is 2. The lowest BCUT2D eigenvalue weighted by Crippen LogP contribution is -2.77. The maximum absolute atomic E-state index is 14.2. The van der Waals surface area contributed by atoms with Crippen molar-refractivity contribution in [2.45, 2.75) is 60.7 Å². The van der Waals surface area contributed by atoms with Crippen molar-refractivity contribution < 1.29 is 38.1 Å². The summed E-state index contributed by atoms with van der Waals surface area (Å²) >= 11 is 0. The van der Waals surface area contributed by atoms with Gasteiger partial charge in [-0.3, -0.25) is 19.2 Å². The van der Waals surface area contributed by atoms with Crippen molar-refractivity contribution in [2.24, 2.45) is 0 Å². The molecular formula is C22H20N2O8S2. The van der Waals surface area contributed by atoms with Crippen molar-refractivity contribution in [3.05, 3.63) is 48.3 Å². The number of esters is 2. The number of piperazine rings is 1. The zero-order valence-electron chi connectivity index (χ0n) is 18.2. The van der Waals surface area contributed by atoms with Crippen molar-refractivity contribution >= 4 is 45.3 Å². The number of carbonyl (C=O) groups excluding carboxylic acids is 4. The fourth-order valence-corrected chi connectivity index (χ4v) is 9.33. The minimum Gasteiger partial charge on any atom is -0.473 e. The number of hydrogen-bond donors (Lipinski definition) is 0. The van der Waals surface area contributed by atoms with E-state index in [0.29, 0.717) is 11.1 Å². The van der Waals surface area contributed by atoms with Gasteiger partial charge in [-0.05, 0) is 23.3 Å². The lowest BCUT2D eigenvalue weighted by Gasteiger charge is -2.58. The predicted octanol–water partition coefficient (Wildman–Crippen LogP) is 1.71. The molecule has 7 heterocycles. The van der Waals surface area contributed by atoms with E-state index in [4.69, 9.17) is 18.9 Å². The second-order valence-electron chi connectivity index (χ2n) is 8.79. The van der Waals surface area contributed by atoms with Gasteiger partial charge in [0.2, 0.25) is 0 Å². The molecule has 2 spiro atoms. The van der Waals surface area contributed by atoms with Crippen LogP contribution in [0.2, 0.25) is 0 Å². The third kappa shape index (κ3) is 2.72. The number of rotatable bonds is 2. The van der Waals surface area contributed by atoms with Crippen LogP contribution in [0.15, 0.2) is 48.3 Å². The van der Waals surface area contributed by atoms with Gasteiger partial charge < -0.3 is 28.7 Å². The van der Waals surface area contributed by atoms with Crippen molar-refractivity contribution in [1.29, 1.82) is 0 Å². The Morgan fingerprint density at radius 3 is 1.65 bits per heavy atom. The van der Waals surface area contributed by atoms with E-state index in [2.05, 4.69) is 0 Å². The Kier molecular flexibility index (Phi) is 4.66. The van der Waals surface area contributed by atoms with Crippen molar-refractivity contribution in [3.8, 4) is 0 Å². The summed E-state index contributed by atoms with van der Waals surface area (Å²) in [7, 11) is 2.69. The average Bonchev–Trinajstić information content (AvgIpc) is 3.14. The summed E-state index contributed by atoms with van der Waals surface area (Å²) in [5.74, 6) is -1.51. The topological polar surface area (TPSA) is 112 Å². The molecule has 7 rings (SSSR count). The van der Waals surface area contributed by atoms with Crippen molar-refractivity contribution in [1.82, 2.24) is 9.80 Å². The molecule has 6 atom stereocenters. The van der Waals surface area contributed by atoms with Gasteiger partial charge in [-0.1, -0.05) is 21.6 Å². The Morgan fingerprint density at radius 1 is 0.853 bits per heavy atom. The fraction of sp³-hybridized carbons (Fsp3) is 0.455. The first kappa shape index (κ1) is 21.7. The molecule has 0 unspecified atom stereocenters. The van der Waals surface area contributed by atoms with Crippen LogP contribution in [0.25, 0.3) is 0 Å². The molecule has 0 aliphatic carbocycles. The number of hydrogen-bond acceptors (Lipinski definition) is 10. The summed E-state index contributed by atoms with van der Waals surface area (Å²) in [4.78, 5) is 52.8. The molecular weight excluding hydrogens is 484 g/mol. The number of fused-ring (bicyclic) bond motifs is 3. The summed E-state index contributed by atoms with van der Waals surface area (Å²) in [6.07, 6.45) is 7.91. The van der Waals surface area contributed by atoms with E-state index in [1.807, 2.05) is 0 Å². The van der Waals surface area contributed by atoms with Crippen molar-refractivity contribution in [2.75, 3.05) is 0 Å². The molecule has 2 amide bonds. The van der Waals surface area contributed by atoms with E-state index in [9.17, 15) is 19.2 Å². The molecule has 5 saturated heterocycles. The molecule has 34 heavy (non-hydrogen) atoms. The van der Waals surface area contributed by atoms with Gasteiger partial charge in [-0.15, -0.1) is 0 Å². The summed E-state index contributed by atoms with van der Waals surface area (Å²) in [6, 6.07) is -1.32. The largest absolute Gasteiger partial charge is 0.473 e. The standard InChI is InChI=1S/C22H20N2O8S2/c1-11(25)31-15-3-5-29-9-13-7-21-20(28)24-18-14(10-30-6-4-16(18)32-12(2)26)8-22(24,34-33-21)19(27)23(21)17(13)15/h3-6,9-10,15-18H,7-8H2,1-2H3/t15-,16-,17-,18-,21+,22+/m0/s1. The van der Waals surface area contributed by atoms with Gasteiger partial charge in [0, 0.05) is 26.7 Å². The number of amides is 2. The fourth-order valence-electron chi connectivity index (χ4n) is 5.62. The minimum absolute atomic E-state index is 0.224. The molecule has 7 aliphatic rings. The van der Waals surface area contributed by atoms with E-state index in [1.165, 1.54) is 60.5 Å². The van der Waals surface area contributed by atoms with Gasteiger partial charge in [-0.25, -0.2) is 0 Å². The van der Waals surface area contributed by atoms with Gasteiger partial charge in [0.1, 0.15) is 12.2 Å². The van der Waals surface area contributed by atoms with Crippen LogP contribution in [0.4, 0.5) is 0 Å². The normalized spacial score (nSPS) is 38.9. The summed E-state index contributed by atoms with van der Waals surface area (Å²) in [5.41, 5.74) is 1.39. The zero-order chi connectivity index (χ0) is 23.8. The molecule has 0 radical (unpaired) electrons. The first-order chi connectivity index (χ1) is 16.3. The molecule has 0 aromatic carbocycles. The molecule has 0 aromatic heterocycles. The number of ether oxygens (including phenoxy) is 4. The molecule has 178 valence electrons. The quantitative estimate of drug-likeness (QED) is 0.407. The van der Waals surface area contributed by atoms with Crippen LogP contribution in [0.1, 0.15) is 26.7 Å². The highest BCUT2D eigenvalue weighted by Crippen LogP contribution is 2.69. The molecule has 0 aromatic rings. The molecule has 0 saturated carbocycles. The van der Waals surface area contributed by atoms with Crippen LogP contribution in [0.3, 0.4) is 0 Å². The highest BCUT2D eigenvalue weighted by molar-refractivity contribution is 8.78. The third-order valence-electron chi connectivity index (χ3n) is 6.76. The Balaban J connectivity index is 1.46. The van der Waals surface area contributed by atoms with Crippen LogP contribution in [0, 0.1) is 0 Å². The maximum Gasteiger partial charge on any atom is 0.303 e. The Hall–Kier alpha value is -2.86. The van der Waals surface area contributed by atoms with Gasteiger partial charge in [0.15, 0.2) is 9.74 Å². The highest BCUT2D eigenvalue weighted by Gasteiger charge is 2.77. The summed E-state index contributed by atoms with van der Waals surface area (Å²) < 4.78 is 21.9. The van der Waals surface area contributed by atoms with E-state index < -0.39 is 46.0 Å². The highest BCUT2D eigenvalue weighted by atomic mass is 33.1. The van der Waals surface area contributed by atoms with Crippen LogP contribution < -0.4 is 0 Å². The van der Waals surface area contributed by atoms with E-state index in [1.54, 1.807) is 22.0 Å². The Morgan fingerprint density at radius 2 is 1.26 bits per heavy atom. The van der Waals surface area contributed by atoms with Crippen LogP contribution in [0.5, 0.6) is 0 Å². The third-order valence-corrected chi connectivity index (χ3v) is 10.3. The second kappa shape index (κ2) is 7.32. The summed E-state index contributed by atoms with van der Waals surface area (Å²) in [6.45, 7) is 2.60. The van der Waals surface area contributed by atoms with Gasteiger partial charge in [0.05, 0.1) is 37.1 Å². The minimum atomic E-state index is -1.24. The monoisotopic (exact) mass is 504 g/mol. The lowest BCUT2D eigenvalue weighted by molar-refractivity contribution is -0.171. The van der Waals surface area contributed by atoms with E-state index >= 15 is 0 Å². The van der Waals surface area contributed by atoms with Crippen molar-refractivity contribution in [3.63, 3.8) is 0 Å². The Labute approximate surface area is 202 Å². The van der Waals surface area contributed by atoms with Gasteiger partial charge >= 0.3 is 11.9 Å². The Bertz CT molecular complexity index is 1060. The molecule has 7 aliphatic heterocycles. The second-order valence-corrected chi connectivity index (χ2v) is 11.5. The smallest absolute Gasteiger partial charge is 0.303 e. The van der Waals surface area contributed by atoms with Gasteiger partial charge in [0.25, 0.3) is 11.8 Å². The van der Waals surface area contributed by atoms with E-state index in [-0.39, 0.29) is 24.7 Å². The zero-order valence-corrected chi connectivity index (χ0v) is 19.8. The predicted molar refractivity (Wildman–Crippen MR) is 119 cm³/mol. The maximum atomic E-state index is 14.2. The average molecular weight is 505 g/mol. The van der Waals surface area contributed by atoms with Crippen LogP contribution in [-0.4, -0.2) is 67.6 Å². The molecule has 5 fully saturated rings. The lowest BCUT2D eigenvalue weighted by atomic mass is 10.0. The van der Waals surface area contributed by atoms with Gasteiger partial charge in [-0.2, -0.15) is 0 Å². The molecule has 0 N–H and O–H groups in total. The van der Waals surface area contributed by atoms with Crippen LogP contribution >= 0.6 is 21.6 Å². The first-order valence-electron chi connectivity index (χ1n) is 10.7. The first-order valence-corrected chi connectivity index (χ1v) is 12.8. The van der Waals surface area contributed by atoms with Crippen LogP contribution in [-0.2, 0) is 38.1 Å². The SMILES string of the molecule is CC(=O)O[C@H]1C=COC=C2C[C@@]34SS[C@]5(CC6=COC=C[C@H](OC(C)=O)[C@H]6N5C3=O)C(=O)N4[C@@H]21. The van der Waals surface area contributed by atoms with E-state index in [0.717, 1.165) is 0 Å².